The second-order valence-electron chi connectivity index (χ2n) is 8.19. The van der Waals surface area contributed by atoms with Gasteiger partial charge in [-0.25, -0.2) is 4.79 Å². The van der Waals surface area contributed by atoms with E-state index in [1.165, 1.54) is 0 Å². The van der Waals surface area contributed by atoms with Crippen LogP contribution in [0.4, 0.5) is 4.79 Å². The maximum absolute atomic E-state index is 12.3. The van der Waals surface area contributed by atoms with Gasteiger partial charge >= 0.3 is 6.09 Å². The third kappa shape index (κ3) is 4.43. The smallest absolute Gasteiger partial charge is 0.410 e. The largest absolute Gasteiger partial charge is 0.444 e. The van der Waals surface area contributed by atoms with Crippen molar-refractivity contribution in [1.82, 2.24) is 15.0 Å². The molecule has 1 amide bonds. The lowest BCUT2D eigenvalue weighted by atomic mass is 9.92. The molecule has 1 saturated heterocycles. The number of nitrogens with two attached hydrogens (primary N) is 1. The van der Waals surface area contributed by atoms with E-state index in [0.29, 0.717) is 31.2 Å². The summed E-state index contributed by atoms with van der Waals surface area (Å²) in [6.45, 7) is 12.6. The van der Waals surface area contributed by atoms with Gasteiger partial charge in [-0.15, -0.1) is 0 Å². The zero-order valence-corrected chi connectivity index (χ0v) is 14.9. The Morgan fingerprint density at radius 2 is 1.96 bits per heavy atom. The summed E-state index contributed by atoms with van der Waals surface area (Å²) < 4.78 is 10.8. The number of rotatable bonds is 1. The number of likely N-dealkylation sites (tertiary alicyclic amines) is 1. The monoisotopic (exact) mass is 324 g/mol. The number of carbonyl (C=O) groups excluding carboxylic acids is 1. The second-order valence-corrected chi connectivity index (χ2v) is 8.19. The van der Waals surface area contributed by atoms with Crippen LogP contribution in [0.15, 0.2) is 4.52 Å². The summed E-state index contributed by atoms with van der Waals surface area (Å²) in [4.78, 5) is 18.4. The van der Waals surface area contributed by atoms with Crippen molar-refractivity contribution < 1.29 is 14.1 Å². The van der Waals surface area contributed by atoms with Crippen molar-refractivity contribution in [3.63, 3.8) is 0 Å². The number of amides is 1. The predicted octanol–water partition coefficient (Wildman–Crippen LogP) is 2.42. The molecule has 2 heterocycles. The highest BCUT2D eigenvalue weighted by Crippen LogP contribution is 2.28. The first-order valence-corrected chi connectivity index (χ1v) is 8.05. The van der Waals surface area contributed by atoms with Gasteiger partial charge in [-0.3, -0.25) is 0 Å². The molecule has 1 aromatic heterocycles. The second kappa shape index (κ2) is 6.11. The molecule has 0 aliphatic carbocycles. The number of hydrogen-bond acceptors (Lipinski definition) is 6. The molecule has 0 bridgehead atoms. The first kappa shape index (κ1) is 17.7. The Balaban J connectivity index is 2.12. The van der Waals surface area contributed by atoms with Gasteiger partial charge in [-0.2, -0.15) is 4.98 Å². The van der Waals surface area contributed by atoms with Crippen molar-refractivity contribution in [2.45, 2.75) is 70.9 Å². The molecular weight excluding hydrogens is 296 g/mol. The molecule has 2 atom stereocenters. The van der Waals surface area contributed by atoms with Crippen LogP contribution in [0.25, 0.3) is 0 Å². The van der Waals surface area contributed by atoms with Crippen LogP contribution in [-0.2, 0) is 10.2 Å². The van der Waals surface area contributed by atoms with Crippen LogP contribution < -0.4 is 5.73 Å². The lowest BCUT2D eigenvalue weighted by Gasteiger charge is -2.35. The summed E-state index contributed by atoms with van der Waals surface area (Å²) in [5.41, 5.74) is 5.51. The van der Waals surface area contributed by atoms with Crippen LogP contribution in [0.5, 0.6) is 0 Å². The molecule has 0 radical (unpaired) electrons. The topological polar surface area (TPSA) is 94.5 Å². The highest BCUT2D eigenvalue weighted by Gasteiger charge is 2.36. The molecule has 1 fully saturated rings. The van der Waals surface area contributed by atoms with E-state index in [0.717, 1.165) is 0 Å². The lowest BCUT2D eigenvalue weighted by molar-refractivity contribution is 0.0175. The molecule has 130 valence electrons. The molecule has 7 heteroatoms. The van der Waals surface area contributed by atoms with E-state index < -0.39 is 5.60 Å². The van der Waals surface area contributed by atoms with E-state index in [1.54, 1.807) is 4.90 Å². The first-order valence-electron chi connectivity index (χ1n) is 8.05. The Kier molecular flexibility index (Phi) is 4.71. The number of carbonyl (C=O) groups is 1. The quantitative estimate of drug-likeness (QED) is 0.852. The molecule has 2 N–H and O–H groups in total. The number of ether oxygens (including phenoxy) is 1. The zero-order valence-electron chi connectivity index (χ0n) is 14.9. The summed E-state index contributed by atoms with van der Waals surface area (Å²) in [5, 5.41) is 4.05. The van der Waals surface area contributed by atoms with E-state index in [9.17, 15) is 4.79 Å². The number of aromatic nitrogens is 2. The van der Waals surface area contributed by atoms with Gasteiger partial charge in [0.1, 0.15) is 5.60 Å². The summed E-state index contributed by atoms with van der Waals surface area (Å²) in [6, 6.07) is -0.109. The van der Waals surface area contributed by atoms with Crippen LogP contribution in [0.3, 0.4) is 0 Å². The van der Waals surface area contributed by atoms with Crippen LogP contribution in [-0.4, -0.2) is 45.9 Å². The molecule has 0 unspecified atom stereocenters. The Morgan fingerprint density at radius 3 is 2.48 bits per heavy atom. The highest BCUT2D eigenvalue weighted by molar-refractivity contribution is 5.68. The highest BCUT2D eigenvalue weighted by atomic mass is 16.6. The van der Waals surface area contributed by atoms with Crippen molar-refractivity contribution in [3.05, 3.63) is 11.7 Å². The Morgan fingerprint density at radius 1 is 1.30 bits per heavy atom. The van der Waals surface area contributed by atoms with Gasteiger partial charge in [-0.05, 0) is 27.2 Å². The average Bonchev–Trinajstić information content (AvgIpc) is 2.86. The minimum atomic E-state index is -0.518. The van der Waals surface area contributed by atoms with Crippen LogP contribution in [0, 0.1) is 0 Å². The van der Waals surface area contributed by atoms with Crippen LogP contribution in [0.2, 0.25) is 0 Å². The maximum Gasteiger partial charge on any atom is 0.410 e. The molecule has 23 heavy (non-hydrogen) atoms. The molecule has 2 rings (SSSR count). The fourth-order valence-corrected chi connectivity index (χ4v) is 2.41. The number of piperidine rings is 1. The average molecular weight is 324 g/mol. The van der Waals surface area contributed by atoms with E-state index >= 15 is 0 Å². The minimum absolute atomic E-state index is 0.109. The summed E-state index contributed by atoms with van der Waals surface area (Å²) in [5.74, 6) is 0.977. The minimum Gasteiger partial charge on any atom is -0.444 e. The Bertz CT molecular complexity index is 556. The first-order chi connectivity index (χ1) is 10.5. The van der Waals surface area contributed by atoms with Crippen molar-refractivity contribution in [1.29, 1.82) is 0 Å². The molecule has 1 aliphatic heterocycles. The third-order valence-corrected chi connectivity index (χ3v) is 3.75. The van der Waals surface area contributed by atoms with E-state index in [4.69, 9.17) is 15.0 Å². The molecular formula is C16H28N4O3. The van der Waals surface area contributed by atoms with Gasteiger partial charge in [0.15, 0.2) is 5.82 Å². The Hall–Kier alpha value is -1.63. The van der Waals surface area contributed by atoms with Crippen LogP contribution >= 0.6 is 0 Å². The standard InChI is InChI=1S/C16H28N4O3/c1-15(2,3)13-18-12(23-19-13)10-9-20(8-7-11(10)17)14(21)22-16(4,5)6/h10-11H,7-9,17H2,1-6H3/t10-,11-/m0/s1. The van der Waals surface area contributed by atoms with Gasteiger partial charge in [-0.1, -0.05) is 25.9 Å². The van der Waals surface area contributed by atoms with Crippen molar-refractivity contribution in [2.24, 2.45) is 5.73 Å². The molecule has 1 aliphatic rings. The third-order valence-electron chi connectivity index (χ3n) is 3.75. The van der Waals surface area contributed by atoms with Gasteiger partial charge in [0.25, 0.3) is 0 Å². The summed E-state index contributed by atoms with van der Waals surface area (Å²) in [6.07, 6.45) is 0.349. The number of nitrogens with zero attached hydrogens (tertiary/aromatic N) is 3. The molecule has 7 nitrogen and oxygen atoms in total. The number of hydrogen-bond donors (Lipinski definition) is 1. The normalized spacial score (nSPS) is 23.0. The molecule has 0 saturated carbocycles. The van der Waals surface area contributed by atoms with E-state index in [2.05, 4.69) is 10.1 Å². The fraction of sp³-hybridized carbons (Fsp3) is 0.812. The summed E-state index contributed by atoms with van der Waals surface area (Å²) in [7, 11) is 0. The van der Waals surface area contributed by atoms with Crippen molar-refractivity contribution in [3.8, 4) is 0 Å². The Labute approximate surface area is 137 Å². The van der Waals surface area contributed by atoms with Gasteiger partial charge in [0.05, 0.1) is 5.92 Å². The molecule has 0 spiro atoms. The molecule has 1 aromatic rings. The SMILES string of the molecule is CC(C)(C)OC(=O)N1CC[C@H](N)[C@@H](c2nc(C(C)(C)C)no2)C1. The fourth-order valence-electron chi connectivity index (χ4n) is 2.41. The van der Waals surface area contributed by atoms with Gasteiger partial charge in [0, 0.05) is 24.5 Å². The van der Waals surface area contributed by atoms with Gasteiger partial charge < -0.3 is 19.9 Å². The maximum atomic E-state index is 12.3. The van der Waals surface area contributed by atoms with Crippen LogP contribution in [0.1, 0.15) is 65.6 Å². The van der Waals surface area contributed by atoms with Crippen molar-refractivity contribution >= 4 is 6.09 Å². The predicted molar refractivity (Wildman–Crippen MR) is 86.1 cm³/mol. The van der Waals surface area contributed by atoms with Gasteiger partial charge in [0.2, 0.25) is 5.89 Å². The lowest BCUT2D eigenvalue weighted by Crippen LogP contribution is -2.49. The zero-order chi connectivity index (χ0) is 17.4. The molecule has 0 aromatic carbocycles. The summed E-state index contributed by atoms with van der Waals surface area (Å²) >= 11 is 0. The van der Waals surface area contributed by atoms with E-state index in [1.807, 2.05) is 41.5 Å². The van der Waals surface area contributed by atoms with E-state index in [-0.39, 0.29) is 23.5 Å². The van der Waals surface area contributed by atoms with Crippen molar-refractivity contribution in [2.75, 3.05) is 13.1 Å².